The molecule has 2 aliphatic heterocycles. The molecule has 0 amide bonds. The minimum atomic E-state index is 0.253. The maximum absolute atomic E-state index is 11.3. The lowest BCUT2D eigenvalue weighted by Crippen LogP contribution is -2.51. The van der Waals surface area contributed by atoms with E-state index in [4.69, 9.17) is 5.73 Å². The summed E-state index contributed by atoms with van der Waals surface area (Å²) in [6, 6.07) is 10.6. The molecule has 4 rings (SSSR count). The van der Waals surface area contributed by atoms with E-state index in [2.05, 4.69) is 29.0 Å². The van der Waals surface area contributed by atoms with Crippen LogP contribution in [0.5, 0.6) is 11.5 Å². The molecule has 2 fully saturated rings. The Balaban J connectivity index is 1.52. The van der Waals surface area contributed by atoms with Crippen molar-refractivity contribution in [1.82, 2.24) is 9.80 Å². The Morgan fingerprint density at radius 3 is 2.41 bits per heavy atom. The molecule has 4 N–H and O–H groups in total. The van der Waals surface area contributed by atoms with E-state index in [1.807, 2.05) is 24.3 Å². The number of nitrogens with two attached hydrogens (primary N) is 1. The van der Waals surface area contributed by atoms with Crippen LogP contribution in [0, 0.1) is 0 Å². The average Bonchev–Trinajstić information content (AvgIpc) is 2.83. The second-order valence-corrected chi connectivity index (χ2v) is 9.88. The fourth-order valence-electron chi connectivity index (χ4n) is 5.51. The zero-order valence-electron chi connectivity index (χ0n) is 20.3. The monoisotopic (exact) mass is 461 g/mol. The van der Waals surface area contributed by atoms with Crippen molar-refractivity contribution in [3.63, 3.8) is 0 Å². The molecule has 0 aliphatic carbocycles. The Hall–Kier alpha value is -2.60. The molecular formula is C29H39N3O2. The van der Waals surface area contributed by atoms with Gasteiger partial charge in [-0.1, -0.05) is 24.3 Å². The number of allylic oxidation sites excluding steroid dienone is 2. The van der Waals surface area contributed by atoms with Crippen LogP contribution < -0.4 is 5.73 Å². The van der Waals surface area contributed by atoms with E-state index in [0.29, 0.717) is 24.3 Å². The molecule has 0 aromatic heterocycles. The van der Waals surface area contributed by atoms with Crippen molar-refractivity contribution in [2.75, 3.05) is 26.2 Å². The summed E-state index contributed by atoms with van der Waals surface area (Å²) in [6.45, 7) is 12.7. The molecule has 34 heavy (non-hydrogen) atoms. The van der Waals surface area contributed by atoms with Crippen molar-refractivity contribution in [3.8, 4) is 22.6 Å². The Morgan fingerprint density at radius 2 is 1.71 bits per heavy atom. The average molecular weight is 462 g/mol. The van der Waals surface area contributed by atoms with E-state index in [-0.39, 0.29) is 5.75 Å². The standard InChI is InChI=1S/C29H39N3O2/c1-3-6-21-16-24(19-31-14-11-26(12-15-31)32-13-5-8-25(30)20-32)29(34)27(17-21)22-9-10-28(33)23(18-22)7-4-2/h3-4,9-10,16-18,25-26,33-34H,1-2,5-8,11-15,19-20,30H2. The fourth-order valence-corrected chi connectivity index (χ4v) is 5.51. The summed E-state index contributed by atoms with van der Waals surface area (Å²) in [5.74, 6) is 0.579. The first-order chi connectivity index (χ1) is 16.5. The second kappa shape index (κ2) is 11.2. The molecule has 0 saturated carbocycles. The second-order valence-electron chi connectivity index (χ2n) is 9.88. The Kier molecular flexibility index (Phi) is 8.09. The normalized spacial score (nSPS) is 20.3. The summed E-state index contributed by atoms with van der Waals surface area (Å²) in [4.78, 5) is 5.05. The van der Waals surface area contributed by atoms with Gasteiger partial charge in [0, 0.05) is 36.3 Å². The van der Waals surface area contributed by atoms with Gasteiger partial charge in [-0.2, -0.15) is 0 Å². The molecule has 2 saturated heterocycles. The van der Waals surface area contributed by atoms with E-state index in [1.54, 1.807) is 12.1 Å². The van der Waals surface area contributed by atoms with Gasteiger partial charge in [-0.15, -0.1) is 13.2 Å². The SMILES string of the molecule is C=CCc1cc(CN2CCC(N3CCCC(N)C3)CC2)c(O)c(-c2ccc(O)c(CC=C)c2)c1. The third kappa shape index (κ3) is 5.72. The summed E-state index contributed by atoms with van der Waals surface area (Å²) in [5, 5.41) is 21.5. The first kappa shape index (κ1) is 24.5. The molecule has 5 nitrogen and oxygen atoms in total. The van der Waals surface area contributed by atoms with Crippen molar-refractivity contribution in [3.05, 3.63) is 72.3 Å². The summed E-state index contributed by atoms with van der Waals surface area (Å²) in [7, 11) is 0. The molecule has 0 radical (unpaired) electrons. The third-order valence-corrected chi connectivity index (χ3v) is 7.34. The van der Waals surface area contributed by atoms with Crippen LogP contribution >= 0.6 is 0 Å². The third-order valence-electron chi connectivity index (χ3n) is 7.34. The fraction of sp³-hybridized carbons (Fsp3) is 0.448. The first-order valence-electron chi connectivity index (χ1n) is 12.6. The molecule has 1 atom stereocenters. The van der Waals surface area contributed by atoms with E-state index in [1.165, 1.54) is 13.0 Å². The molecule has 182 valence electrons. The highest BCUT2D eigenvalue weighted by atomic mass is 16.3. The van der Waals surface area contributed by atoms with E-state index < -0.39 is 0 Å². The van der Waals surface area contributed by atoms with Crippen molar-refractivity contribution in [2.45, 2.75) is 57.2 Å². The van der Waals surface area contributed by atoms with Gasteiger partial charge in [0.15, 0.2) is 0 Å². The van der Waals surface area contributed by atoms with Crippen LogP contribution in [0.15, 0.2) is 55.6 Å². The van der Waals surface area contributed by atoms with E-state index in [9.17, 15) is 10.2 Å². The number of aromatic hydroxyl groups is 2. The van der Waals surface area contributed by atoms with Crippen molar-refractivity contribution in [1.29, 1.82) is 0 Å². The van der Waals surface area contributed by atoms with Gasteiger partial charge in [-0.05, 0) is 93.0 Å². The molecule has 2 heterocycles. The quantitative estimate of drug-likeness (QED) is 0.501. The van der Waals surface area contributed by atoms with Crippen molar-refractivity contribution in [2.24, 2.45) is 5.73 Å². The molecule has 2 aliphatic rings. The number of rotatable bonds is 8. The van der Waals surface area contributed by atoms with Crippen molar-refractivity contribution >= 4 is 0 Å². The summed E-state index contributed by atoms with van der Waals surface area (Å²) in [6.07, 6.45) is 9.65. The smallest absolute Gasteiger partial charge is 0.127 e. The number of benzene rings is 2. The summed E-state index contributed by atoms with van der Waals surface area (Å²) < 4.78 is 0. The zero-order chi connectivity index (χ0) is 24.1. The highest BCUT2D eigenvalue weighted by Crippen LogP contribution is 2.37. The van der Waals surface area contributed by atoms with Gasteiger partial charge in [-0.25, -0.2) is 0 Å². The van der Waals surface area contributed by atoms with Crippen LogP contribution in [0.3, 0.4) is 0 Å². The number of nitrogens with zero attached hydrogens (tertiary/aromatic N) is 2. The number of phenols is 2. The summed E-state index contributed by atoms with van der Waals surface area (Å²) >= 11 is 0. The topological polar surface area (TPSA) is 73.0 Å². The number of phenolic OH excluding ortho intramolecular Hbond substituents is 2. The number of hydrogen-bond acceptors (Lipinski definition) is 5. The van der Waals surface area contributed by atoms with Crippen LogP contribution in [0.2, 0.25) is 0 Å². The highest BCUT2D eigenvalue weighted by Gasteiger charge is 2.28. The lowest BCUT2D eigenvalue weighted by Gasteiger charge is -2.41. The number of hydrogen-bond donors (Lipinski definition) is 3. The minimum absolute atomic E-state index is 0.253. The Labute approximate surface area is 204 Å². The van der Waals surface area contributed by atoms with Gasteiger partial charge < -0.3 is 15.9 Å². The largest absolute Gasteiger partial charge is 0.508 e. The van der Waals surface area contributed by atoms with E-state index >= 15 is 0 Å². The first-order valence-corrected chi connectivity index (χ1v) is 12.6. The van der Waals surface area contributed by atoms with Gasteiger partial charge in [0.05, 0.1) is 0 Å². The molecule has 5 heteroatoms. The van der Waals surface area contributed by atoms with Gasteiger partial charge in [0.25, 0.3) is 0 Å². The van der Waals surface area contributed by atoms with E-state index in [0.717, 1.165) is 79.7 Å². The lowest BCUT2D eigenvalue weighted by atomic mass is 9.94. The zero-order valence-corrected chi connectivity index (χ0v) is 20.3. The van der Waals surface area contributed by atoms with Crippen LogP contribution in [0.1, 0.15) is 42.4 Å². The molecule has 0 bridgehead atoms. The van der Waals surface area contributed by atoms with Gasteiger partial charge >= 0.3 is 0 Å². The predicted molar refractivity (Wildman–Crippen MR) is 140 cm³/mol. The number of piperidine rings is 2. The maximum Gasteiger partial charge on any atom is 0.127 e. The van der Waals surface area contributed by atoms with Crippen LogP contribution in [-0.4, -0.2) is 58.3 Å². The van der Waals surface area contributed by atoms with Gasteiger partial charge in [0.1, 0.15) is 11.5 Å². The Bertz CT molecular complexity index is 1010. The van der Waals surface area contributed by atoms with Gasteiger partial charge in [0.2, 0.25) is 0 Å². The lowest BCUT2D eigenvalue weighted by molar-refractivity contribution is 0.0828. The van der Waals surface area contributed by atoms with Crippen LogP contribution in [0.25, 0.3) is 11.1 Å². The molecule has 2 aromatic rings. The molecule has 2 aromatic carbocycles. The maximum atomic E-state index is 11.3. The predicted octanol–water partition coefficient (Wildman–Crippen LogP) is 4.61. The molecular weight excluding hydrogens is 422 g/mol. The molecule has 0 spiro atoms. The minimum Gasteiger partial charge on any atom is -0.508 e. The van der Waals surface area contributed by atoms with Gasteiger partial charge in [-0.3, -0.25) is 9.80 Å². The number of likely N-dealkylation sites (tertiary alicyclic amines) is 2. The Morgan fingerprint density at radius 1 is 0.941 bits per heavy atom. The molecule has 1 unspecified atom stereocenters. The van der Waals surface area contributed by atoms with Crippen LogP contribution in [0.4, 0.5) is 0 Å². The van der Waals surface area contributed by atoms with Crippen LogP contribution in [-0.2, 0) is 19.4 Å². The highest BCUT2D eigenvalue weighted by molar-refractivity contribution is 5.74. The van der Waals surface area contributed by atoms with Crippen molar-refractivity contribution < 1.29 is 10.2 Å². The summed E-state index contributed by atoms with van der Waals surface area (Å²) in [5.41, 5.74) is 10.8.